The average Bonchev–Trinajstić information content (AvgIpc) is 2.73. The molecule has 1 aliphatic rings. The molecule has 5 atom stereocenters. The predicted molar refractivity (Wildman–Crippen MR) is 101 cm³/mol. The van der Waals surface area contributed by atoms with E-state index in [2.05, 4.69) is 0 Å². The van der Waals surface area contributed by atoms with Crippen LogP contribution in [0.15, 0.2) is 60.7 Å². The summed E-state index contributed by atoms with van der Waals surface area (Å²) in [7, 11) is 0. The van der Waals surface area contributed by atoms with Gasteiger partial charge in [-0.25, -0.2) is 4.79 Å². The fourth-order valence-electron chi connectivity index (χ4n) is 2.87. The molecule has 2 aromatic rings. The fourth-order valence-corrected chi connectivity index (χ4v) is 2.87. The molecule has 0 amide bonds. The summed E-state index contributed by atoms with van der Waals surface area (Å²) in [6.45, 7) is 0. The number of rotatable bonds is 6. The minimum absolute atomic E-state index is 0.0343. The lowest BCUT2D eigenvalue weighted by atomic mass is 9.99. The van der Waals surface area contributed by atoms with Crippen LogP contribution in [0.25, 0.3) is 6.08 Å². The third-order valence-corrected chi connectivity index (χ3v) is 4.44. The van der Waals surface area contributed by atoms with Crippen LogP contribution in [-0.4, -0.2) is 62.9 Å². The number of benzene rings is 2. The second kappa shape index (κ2) is 8.97. The second-order valence-electron chi connectivity index (χ2n) is 6.46. The van der Waals surface area contributed by atoms with E-state index in [1.807, 2.05) is 30.3 Å². The molecule has 0 radical (unpaired) electrons. The van der Waals surface area contributed by atoms with Gasteiger partial charge in [0.25, 0.3) is 0 Å². The zero-order chi connectivity index (χ0) is 21.0. The Hall–Kier alpha value is -3.04. The number of para-hydroxylation sites is 1. The van der Waals surface area contributed by atoms with Crippen molar-refractivity contribution in [3.05, 3.63) is 71.8 Å². The van der Waals surface area contributed by atoms with Crippen LogP contribution in [0.2, 0.25) is 0 Å². The van der Waals surface area contributed by atoms with E-state index in [-0.39, 0.29) is 17.1 Å². The van der Waals surface area contributed by atoms with E-state index in [0.29, 0.717) is 0 Å². The molecule has 1 heterocycles. The van der Waals surface area contributed by atoms with Crippen LogP contribution < -0.4 is 4.74 Å². The minimum Gasteiger partial charge on any atom is -0.479 e. The van der Waals surface area contributed by atoms with Crippen molar-refractivity contribution in [1.82, 2.24) is 0 Å². The zero-order valence-electron chi connectivity index (χ0n) is 15.2. The Balaban J connectivity index is 1.80. The molecule has 29 heavy (non-hydrogen) atoms. The average molecular weight is 400 g/mol. The van der Waals surface area contributed by atoms with E-state index in [0.717, 1.165) is 5.56 Å². The SMILES string of the molecule is O=C(/C=C/c1ccccc1)c1ccccc1O[C@@H]1O[C@H](C(=O)O)[C@@H](O)[C@H](O)[C@H]1O. The fraction of sp³-hybridized carbons (Fsp3) is 0.238. The van der Waals surface area contributed by atoms with Gasteiger partial charge in [0.05, 0.1) is 5.56 Å². The number of ketones is 1. The Morgan fingerprint density at radius 1 is 0.897 bits per heavy atom. The number of aliphatic carboxylic acids is 1. The van der Waals surface area contributed by atoms with Gasteiger partial charge < -0.3 is 29.9 Å². The predicted octanol–water partition coefficient (Wildman–Crippen LogP) is 0.854. The van der Waals surface area contributed by atoms with Crippen molar-refractivity contribution in [3.63, 3.8) is 0 Å². The second-order valence-corrected chi connectivity index (χ2v) is 6.46. The standard InChI is InChI=1S/C21H20O8/c22-14(11-10-12-6-2-1-3-7-12)13-8-4-5-9-15(13)28-21-18(25)16(23)17(24)19(29-21)20(26)27/h1-11,16-19,21,23-25H,(H,26,27)/b11-10+/t16-,17-,18+,19-,21+/m0/s1. The van der Waals surface area contributed by atoms with Crippen molar-refractivity contribution in [1.29, 1.82) is 0 Å². The summed E-state index contributed by atoms with van der Waals surface area (Å²) in [5, 5.41) is 38.9. The maximum absolute atomic E-state index is 12.6. The van der Waals surface area contributed by atoms with Gasteiger partial charge in [-0.2, -0.15) is 0 Å². The van der Waals surface area contributed by atoms with Crippen LogP contribution >= 0.6 is 0 Å². The lowest BCUT2D eigenvalue weighted by molar-refractivity contribution is -0.271. The minimum atomic E-state index is -1.83. The van der Waals surface area contributed by atoms with Gasteiger partial charge in [-0.1, -0.05) is 48.5 Å². The lowest BCUT2D eigenvalue weighted by Crippen LogP contribution is -2.61. The smallest absolute Gasteiger partial charge is 0.335 e. The Labute approximate surface area is 166 Å². The molecule has 0 aliphatic carbocycles. The van der Waals surface area contributed by atoms with Gasteiger partial charge in [0, 0.05) is 0 Å². The van der Waals surface area contributed by atoms with E-state index in [4.69, 9.17) is 14.6 Å². The number of carboxylic acid groups (broad SMARTS) is 1. The number of aliphatic hydroxyl groups is 3. The molecule has 8 heteroatoms. The van der Waals surface area contributed by atoms with Crippen molar-refractivity contribution in [2.75, 3.05) is 0 Å². The van der Waals surface area contributed by atoms with Gasteiger partial charge >= 0.3 is 5.97 Å². The quantitative estimate of drug-likeness (QED) is 0.414. The first-order valence-corrected chi connectivity index (χ1v) is 8.84. The topological polar surface area (TPSA) is 134 Å². The van der Waals surface area contributed by atoms with Gasteiger partial charge in [0.2, 0.25) is 6.29 Å². The summed E-state index contributed by atoms with van der Waals surface area (Å²) < 4.78 is 10.6. The molecule has 8 nitrogen and oxygen atoms in total. The van der Waals surface area contributed by atoms with Crippen LogP contribution in [0.3, 0.4) is 0 Å². The summed E-state index contributed by atoms with van der Waals surface area (Å²) in [6.07, 6.45) is -5.74. The molecule has 1 aliphatic heterocycles. The van der Waals surface area contributed by atoms with Crippen LogP contribution in [0.1, 0.15) is 15.9 Å². The summed E-state index contributed by atoms with van der Waals surface area (Å²) in [5.41, 5.74) is 0.981. The van der Waals surface area contributed by atoms with Crippen molar-refractivity contribution >= 4 is 17.8 Å². The number of hydrogen-bond donors (Lipinski definition) is 4. The molecule has 0 unspecified atom stereocenters. The highest BCUT2D eigenvalue weighted by molar-refractivity contribution is 6.08. The molecule has 0 spiro atoms. The van der Waals surface area contributed by atoms with E-state index in [1.54, 1.807) is 18.2 Å². The number of carboxylic acids is 1. The van der Waals surface area contributed by atoms with E-state index in [1.165, 1.54) is 18.2 Å². The van der Waals surface area contributed by atoms with Gasteiger partial charge in [-0.3, -0.25) is 4.79 Å². The number of carbonyl (C=O) groups is 2. The molecular weight excluding hydrogens is 380 g/mol. The van der Waals surface area contributed by atoms with Gasteiger partial charge in [-0.15, -0.1) is 0 Å². The molecule has 0 saturated carbocycles. The molecular formula is C21H20O8. The van der Waals surface area contributed by atoms with Crippen molar-refractivity contribution in [3.8, 4) is 5.75 Å². The van der Waals surface area contributed by atoms with Crippen LogP contribution in [-0.2, 0) is 9.53 Å². The molecule has 0 aromatic heterocycles. The number of allylic oxidation sites excluding steroid dienone is 1. The highest BCUT2D eigenvalue weighted by Gasteiger charge is 2.48. The molecule has 3 rings (SSSR count). The molecule has 4 N–H and O–H groups in total. The monoisotopic (exact) mass is 400 g/mol. The van der Waals surface area contributed by atoms with Crippen molar-refractivity contribution < 1.29 is 39.5 Å². The Kier molecular flexibility index (Phi) is 6.40. The Morgan fingerprint density at radius 3 is 2.24 bits per heavy atom. The summed E-state index contributed by atoms with van der Waals surface area (Å²) >= 11 is 0. The third kappa shape index (κ3) is 4.69. The van der Waals surface area contributed by atoms with Gasteiger partial charge in [-0.05, 0) is 23.8 Å². The summed E-state index contributed by atoms with van der Waals surface area (Å²) in [4.78, 5) is 23.8. The number of ether oxygens (including phenoxy) is 2. The van der Waals surface area contributed by atoms with Gasteiger partial charge in [0.15, 0.2) is 11.9 Å². The first-order chi connectivity index (χ1) is 13.9. The van der Waals surface area contributed by atoms with Crippen LogP contribution in [0, 0.1) is 0 Å². The van der Waals surface area contributed by atoms with E-state index in [9.17, 15) is 24.9 Å². The zero-order valence-corrected chi connectivity index (χ0v) is 15.2. The highest BCUT2D eigenvalue weighted by Crippen LogP contribution is 2.27. The first-order valence-electron chi connectivity index (χ1n) is 8.84. The lowest BCUT2D eigenvalue weighted by Gasteiger charge is -2.38. The van der Waals surface area contributed by atoms with Crippen LogP contribution in [0.4, 0.5) is 0 Å². The van der Waals surface area contributed by atoms with Crippen molar-refractivity contribution in [2.45, 2.75) is 30.7 Å². The maximum Gasteiger partial charge on any atom is 0.335 e. The first kappa shape index (κ1) is 20.7. The van der Waals surface area contributed by atoms with Gasteiger partial charge in [0.1, 0.15) is 24.1 Å². The normalized spacial score (nSPS) is 26.9. The Morgan fingerprint density at radius 2 is 1.55 bits per heavy atom. The number of aliphatic hydroxyl groups excluding tert-OH is 3. The highest BCUT2D eigenvalue weighted by atomic mass is 16.7. The number of carbonyl (C=O) groups excluding carboxylic acids is 1. The summed E-state index contributed by atoms with van der Waals surface area (Å²) in [5.74, 6) is -1.87. The number of hydrogen-bond acceptors (Lipinski definition) is 7. The molecule has 2 aromatic carbocycles. The molecule has 1 fully saturated rings. The van der Waals surface area contributed by atoms with Crippen molar-refractivity contribution in [2.24, 2.45) is 0 Å². The largest absolute Gasteiger partial charge is 0.479 e. The molecule has 152 valence electrons. The third-order valence-electron chi connectivity index (χ3n) is 4.44. The molecule has 0 bridgehead atoms. The Bertz CT molecular complexity index is 895. The van der Waals surface area contributed by atoms with Crippen LogP contribution in [0.5, 0.6) is 5.75 Å². The summed E-state index contributed by atoms with van der Waals surface area (Å²) in [6, 6.07) is 15.3. The van der Waals surface area contributed by atoms with E-state index < -0.39 is 36.7 Å². The van der Waals surface area contributed by atoms with E-state index >= 15 is 0 Å². The maximum atomic E-state index is 12.6. The molecule has 1 saturated heterocycles.